The number of methoxy groups -OCH3 is 1. The fraction of sp³-hybridized carbons (Fsp3) is 0.805. The molecule has 3 aliphatic heterocycles. The number of esters is 1. The van der Waals surface area contributed by atoms with Crippen molar-refractivity contribution in [2.75, 3.05) is 41.3 Å². The van der Waals surface area contributed by atoms with Crippen molar-refractivity contribution >= 4 is 29.2 Å². The van der Waals surface area contributed by atoms with Crippen molar-refractivity contribution in [3.05, 3.63) is 17.8 Å². The number of hydrogen-bond donors (Lipinski definition) is 1. The Labute approximate surface area is 352 Å². The number of aliphatic hydroxyl groups is 1. The molecule has 13 atom stereocenters. The summed E-state index contributed by atoms with van der Waals surface area (Å²) in [6, 6.07) is -1.27. The number of aromatic nitrogens is 4. The van der Waals surface area contributed by atoms with Gasteiger partial charge in [-0.3, -0.25) is 14.4 Å². The van der Waals surface area contributed by atoms with Crippen LogP contribution in [-0.2, 0) is 39.8 Å². The van der Waals surface area contributed by atoms with Crippen molar-refractivity contribution in [2.45, 2.75) is 160 Å². The first-order chi connectivity index (χ1) is 27.7. The molecule has 2 aromatic heterocycles. The first-order valence-electron chi connectivity index (χ1n) is 20.8. The molecule has 1 N–H and O–H groups in total. The summed E-state index contributed by atoms with van der Waals surface area (Å²) < 4.78 is 49.8. The summed E-state index contributed by atoms with van der Waals surface area (Å²) in [7, 11) is 7.19. The Kier molecular flexibility index (Phi) is 15.0. The second-order valence-electron chi connectivity index (χ2n) is 17.7. The summed E-state index contributed by atoms with van der Waals surface area (Å²) in [5.74, 6) is -3.82. The Morgan fingerprint density at radius 1 is 1.10 bits per heavy atom. The van der Waals surface area contributed by atoms with E-state index in [9.17, 15) is 19.5 Å². The molecule has 2 aromatic rings. The highest BCUT2D eigenvalue weighted by molar-refractivity contribution is 7.13. The van der Waals surface area contributed by atoms with Crippen LogP contribution in [0.15, 0.2) is 17.8 Å². The van der Waals surface area contributed by atoms with E-state index in [2.05, 4.69) is 27.1 Å². The molecule has 3 saturated heterocycles. The van der Waals surface area contributed by atoms with Gasteiger partial charge in [-0.2, -0.15) is 0 Å². The number of aliphatic hydroxyl groups excluding tert-OH is 1. The van der Waals surface area contributed by atoms with Crippen LogP contribution in [0, 0.1) is 11.8 Å². The molecule has 0 aromatic carbocycles. The summed E-state index contributed by atoms with van der Waals surface area (Å²) in [6.45, 7) is 15.1. The molecule has 5 heterocycles. The number of fused-ring (bicyclic) bond motifs is 1. The van der Waals surface area contributed by atoms with E-state index in [1.807, 2.05) is 51.5 Å². The van der Waals surface area contributed by atoms with Crippen LogP contribution in [0.4, 0.5) is 9.18 Å². The van der Waals surface area contributed by atoms with Crippen LogP contribution in [0.25, 0.3) is 10.7 Å². The second kappa shape index (κ2) is 18.9. The quantitative estimate of drug-likeness (QED) is 0.189. The number of alkyl halides is 1. The van der Waals surface area contributed by atoms with E-state index in [-0.39, 0.29) is 30.5 Å². The highest BCUT2D eigenvalue weighted by atomic mass is 32.1. The predicted molar refractivity (Wildman–Crippen MR) is 218 cm³/mol. The molecule has 18 heteroatoms. The van der Waals surface area contributed by atoms with Gasteiger partial charge in [-0.15, -0.1) is 16.4 Å². The van der Waals surface area contributed by atoms with Crippen molar-refractivity contribution in [2.24, 2.45) is 11.8 Å². The van der Waals surface area contributed by atoms with E-state index in [0.717, 1.165) is 11.9 Å². The number of nitrogens with zero attached hydrogens (tertiary/aromatic N) is 7. The SMILES string of the molecule is CC[C@H]1OC(=O)C(C)(F)C(=O)[C@@H](C)[C@@H](O[C@@H]2OC(C)CC(N(C)C)C2O)[C@](C)(OC)C[C@@H](C)CN(C)[C@H](C)[C@H]2N(CCCCn3cc(-c4nccs4)nn3)C(=O)O[C@]12C. The molecule has 0 aliphatic carbocycles. The number of aryl methyl sites for hydroxylation is 1. The molecule has 332 valence electrons. The first kappa shape index (κ1) is 46.9. The van der Waals surface area contributed by atoms with Gasteiger partial charge in [0.25, 0.3) is 5.67 Å². The number of halogens is 1. The fourth-order valence-electron chi connectivity index (χ4n) is 9.44. The van der Waals surface area contributed by atoms with Crippen LogP contribution in [-0.4, -0.2) is 165 Å². The molecule has 0 radical (unpaired) electrons. The summed E-state index contributed by atoms with van der Waals surface area (Å²) >= 11 is 1.48. The van der Waals surface area contributed by atoms with E-state index in [1.165, 1.54) is 25.4 Å². The molecule has 0 spiro atoms. The molecule has 3 fully saturated rings. The largest absolute Gasteiger partial charge is 0.455 e. The number of Topliss-reactive ketones (excluding diaryl/α,β-unsaturated/α-hetero) is 1. The number of carbonyl (C=O) groups is 3. The first-order valence-corrected chi connectivity index (χ1v) is 21.7. The van der Waals surface area contributed by atoms with Gasteiger partial charge >= 0.3 is 12.1 Å². The van der Waals surface area contributed by atoms with Gasteiger partial charge in [-0.1, -0.05) is 26.0 Å². The maximum atomic E-state index is 17.0. The zero-order valence-corrected chi connectivity index (χ0v) is 37.6. The van der Waals surface area contributed by atoms with E-state index < -0.39 is 71.3 Å². The van der Waals surface area contributed by atoms with Crippen LogP contribution in [0.3, 0.4) is 0 Å². The minimum Gasteiger partial charge on any atom is -0.455 e. The summed E-state index contributed by atoms with van der Waals surface area (Å²) in [4.78, 5) is 52.2. The average molecular weight is 852 g/mol. The Bertz CT molecular complexity index is 1730. The van der Waals surface area contributed by atoms with Crippen molar-refractivity contribution in [3.63, 3.8) is 0 Å². The third-order valence-electron chi connectivity index (χ3n) is 12.8. The van der Waals surface area contributed by atoms with Crippen LogP contribution in [0.5, 0.6) is 0 Å². The summed E-state index contributed by atoms with van der Waals surface area (Å²) in [6.07, 6.45) is 0.557. The number of hydrogen-bond acceptors (Lipinski definition) is 15. The minimum atomic E-state index is -3.13. The van der Waals surface area contributed by atoms with Crippen molar-refractivity contribution in [3.8, 4) is 10.7 Å². The third-order valence-corrected chi connectivity index (χ3v) is 13.6. The molecule has 16 nitrogen and oxygen atoms in total. The molecule has 0 bridgehead atoms. The zero-order chi connectivity index (χ0) is 43.6. The Morgan fingerprint density at radius 2 is 1.80 bits per heavy atom. The Balaban J connectivity index is 1.44. The van der Waals surface area contributed by atoms with Gasteiger partial charge in [0.15, 0.2) is 17.7 Å². The molecule has 0 saturated carbocycles. The van der Waals surface area contributed by atoms with E-state index in [4.69, 9.17) is 23.7 Å². The number of amides is 1. The van der Waals surface area contributed by atoms with Crippen molar-refractivity contribution in [1.29, 1.82) is 0 Å². The number of thiazole rings is 1. The smallest absolute Gasteiger partial charge is 0.410 e. The maximum Gasteiger partial charge on any atom is 0.410 e. The summed E-state index contributed by atoms with van der Waals surface area (Å²) in [5, 5.41) is 22.6. The lowest BCUT2D eigenvalue weighted by Crippen LogP contribution is -2.61. The molecule has 4 unspecified atom stereocenters. The lowest BCUT2D eigenvalue weighted by Gasteiger charge is -2.47. The van der Waals surface area contributed by atoms with Gasteiger partial charge in [0.05, 0.1) is 30.0 Å². The molecule has 3 aliphatic rings. The van der Waals surface area contributed by atoms with Crippen LogP contribution in [0.2, 0.25) is 0 Å². The third kappa shape index (κ3) is 9.84. The van der Waals surface area contributed by atoms with Gasteiger partial charge in [-0.05, 0) is 93.8 Å². The molecule has 5 rings (SSSR count). The maximum absolute atomic E-state index is 17.0. The van der Waals surface area contributed by atoms with Gasteiger partial charge in [0, 0.05) is 56.3 Å². The van der Waals surface area contributed by atoms with E-state index in [0.29, 0.717) is 51.0 Å². The van der Waals surface area contributed by atoms with Gasteiger partial charge < -0.3 is 38.6 Å². The molecular formula is C41H66FN7O9S. The number of ketones is 1. The zero-order valence-electron chi connectivity index (χ0n) is 36.8. The predicted octanol–water partition coefficient (Wildman–Crippen LogP) is 4.59. The lowest BCUT2D eigenvalue weighted by molar-refractivity contribution is -0.295. The second-order valence-corrected chi connectivity index (χ2v) is 18.6. The fourth-order valence-corrected chi connectivity index (χ4v) is 10.0. The van der Waals surface area contributed by atoms with E-state index >= 15 is 4.39 Å². The topological polar surface area (TPSA) is 171 Å². The van der Waals surface area contributed by atoms with Crippen molar-refractivity contribution < 1.29 is 47.6 Å². The Morgan fingerprint density at radius 3 is 2.42 bits per heavy atom. The molecular weight excluding hydrogens is 786 g/mol. The number of unbranched alkanes of at least 4 members (excludes halogenated alkanes) is 1. The number of likely N-dealkylation sites (N-methyl/N-ethyl adjacent to an activating group) is 2. The minimum absolute atomic E-state index is 0.0946. The number of rotatable bonds is 11. The monoisotopic (exact) mass is 851 g/mol. The molecule has 59 heavy (non-hydrogen) atoms. The van der Waals surface area contributed by atoms with Gasteiger partial charge in [-0.25, -0.2) is 19.0 Å². The van der Waals surface area contributed by atoms with E-state index in [1.54, 1.807) is 36.5 Å². The highest BCUT2D eigenvalue weighted by Crippen LogP contribution is 2.42. The standard InChI is InChI=1S/C41H66FN7O9S/c1-13-30-41(8)32(49(38(53)58-41)18-15-14-17-48-23-28(44-45-48)35-43-16-19-59-35)27(5)47(11)22-24(2)21-39(6,54-12)34(26(4)33(51)40(7,42)37(52)56-30)57-36-31(50)29(46(9)10)20-25(3)55-36/h16,19,23-27,29-32,34,36,50H,13-15,17-18,20-22H2,1-12H3/t24-,25?,26-,27-,29?,30-,31?,32-,34-,36+,39-,40?,41-/m1/s1. The normalized spacial score (nSPS) is 38.2. The van der Waals surface area contributed by atoms with Crippen LogP contribution < -0.4 is 0 Å². The lowest BCUT2D eigenvalue weighted by atomic mass is 9.77. The number of cyclic esters (lactones) is 1. The van der Waals surface area contributed by atoms with Crippen LogP contribution in [0.1, 0.15) is 87.5 Å². The molecule has 1 amide bonds. The number of ether oxygens (including phenoxy) is 5. The average Bonchev–Trinajstić information content (AvgIpc) is 3.94. The van der Waals surface area contributed by atoms with Crippen LogP contribution >= 0.6 is 11.3 Å². The highest BCUT2D eigenvalue weighted by Gasteiger charge is 2.61. The summed E-state index contributed by atoms with van der Waals surface area (Å²) in [5.41, 5.74) is -5.06. The van der Waals surface area contributed by atoms with Gasteiger partial charge in [0.2, 0.25) is 0 Å². The van der Waals surface area contributed by atoms with Crippen molar-refractivity contribution in [1.82, 2.24) is 34.7 Å². The number of carbonyl (C=O) groups excluding carboxylic acids is 3. The van der Waals surface area contributed by atoms with Gasteiger partial charge in [0.1, 0.15) is 22.9 Å². The Hall–Kier alpha value is -3.13.